The summed E-state index contributed by atoms with van der Waals surface area (Å²) in [5, 5.41) is 3.52. The highest BCUT2D eigenvalue weighted by atomic mass is 16.5. The molecule has 0 heterocycles. The fraction of sp³-hybridized carbons (Fsp3) is 0.571. The smallest absolute Gasteiger partial charge is 0.124 e. The van der Waals surface area contributed by atoms with Gasteiger partial charge in [-0.2, -0.15) is 0 Å². The highest BCUT2D eigenvalue weighted by molar-refractivity contribution is 5.54. The molecule has 1 saturated carbocycles. The first-order valence-electron chi connectivity index (χ1n) is 6.46. The fourth-order valence-corrected chi connectivity index (χ4v) is 2.49. The quantitative estimate of drug-likeness (QED) is 0.861. The normalized spacial score (nSPS) is 23.5. The highest BCUT2D eigenvalue weighted by Gasteiger charge is 2.19. The predicted molar refractivity (Wildman–Crippen MR) is 73.4 cm³/mol. The molecule has 4 nitrogen and oxygen atoms in total. The van der Waals surface area contributed by atoms with Crippen LogP contribution in [-0.2, 0) is 0 Å². The summed E-state index contributed by atoms with van der Waals surface area (Å²) in [5.74, 6) is 1.61. The standard InChI is InChI=1S/C14H22N2O2/c1-17-13-7-12(8-14(9-13)18-2)16-11-5-3-4-10(15)6-11/h7-11,16H,3-6,15H2,1-2H3. The number of anilines is 1. The van der Waals surface area contributed by atoms with E-state index in [0.29, 0.717) is 12.1 Å². The lowest BCUT2D eigenvalue weighted by atomic mass is 9.91. The first-order valence-corrected chi connectivity index (χ1v) is 6.46. The van der Waals surface area contributed by atoms with Gasteiger partial charge < -0.3 is 20.5 Å². The van der Waals surface area contributed by atoms with Crippen molar-refractivity contribution < 1.29 is 9.47 Å². The zero-order valence-corrected chi connectivity index (χ0v) is 11.1. The first kappa shape index (κ1) is 13.0. The molecule has 0 aliphatic heterocycles. The van der Waals surface area contributed by atoms with Crippen LogP contribution in [0, 0.1) is 0 Å². The Morgan fingerprint density at radius 1 is 1.11 bits per heavy atom. The Bertz CT molecular complexity index is 373. The molecule has 100 valence electrons. The van der Waals surface area contributed by atoms with Crippen LogP contribution in [0.3, 0.4) is 0 Å². The number of benzene rings is 1. The number of hydrogen-bond acceptors (Lipinski definition) is 4. The van der Waals surface area contributed by atoms with Crippen LogP contribution in [0.4, 0.5) is 5.69 Å². The van der Waals surface area contributed by atoms with E-state index < -0.39 is 0 Å². The third-order valence-corrected chi connectivity index (χ3v) is 3.44. The second-order valence-electron chi connectivity index (χ2n) is 4.87. The second-order valence-corrected chi connectivity index (χ2v) is 4.87. The van der Waals surface area contributed by atoms with Gasteiger partial charge in [-0.25, -0.2) is 0 Å². The lowest BCUT2D eigenvalue weighted by Crippen LogP contribution is -2.34. The van der Waals surface area contributed by atoms with Gasteiger partial charge in [0.15, 0.2) is 0 Å². The third kappa shape index (κ3) is 3.29. The van der Waals surface area contributed by atoms with Crippen molar-refractivity contribution in [2.75, 3.05) is 19.5 Å². The molecule has 0 radical (unpaired) electrons. The summed E-state index contributed by atoms with van der Waals surface area (Å²) in [7, 11) is 3.32. The molecule has 1 aromatic rings. The molecule has 1 aromatic carbocycles. The van der Waals surface area contributed by atoms with Crippen LogP contribution in [0.2, 0.25) is 0 Å². The molecule has 18 heavy (non-hydrogen) atoms. The fourth-order valence-electron chi connectivity index (χ4n) is 2.49. The molecule has 4 heteroatoms. The van der Waals surface area contributed by atoms with Gasteiger partial charge >= 0.3 is 0 Å². The average molecular weight is 250 g/mol. The van der Waals surface area contributed by atoms with Gasteiger partial charge in [0.1, 0.15) is 11.5 Å². The molecular formula is C14H22N2O2. The Balaban J connectivity index is 2.07. The molecule has 1 aliphatic carbocycles. The van der Waals surface area contributed by atoms with Crippen LogP contribution in [0.15, 0.2) is 18.2 Å². The molecule has 2 rings (SSSR count). The summed E-state index contributed by atoms with van der Waals surface area (Å²) in [4.78, 5) is 0. The summed E-state index contributed by atoms with van der Waals surface area (Å²) < 4.78 is 10.5. The number of hydrogen-bond donors (Lipinski definition) is 2. The Morgan fingerprint density at radius 3 is 2.33 bits per heavy atom. The van der Waals surface area contributed by atoms with E-state index in [4.69, 9.17) is 15.2 Å². The first-order chi connectivity index (χ1) is 8.71. The van der Waals surface area contributed by atoms with Crippen molar-refractivity contribution >= 4 is 5.69 Å². The van der Waals surface area contributed by atoms with E-state index in [1.807, 2.05) is 18.2 Å². The number of methoxy groups -OCH3 is 2. The molecule has 0 aromatic heterocycles. The van der Waals surface area contributed by atoms with Crippen molar-refractivity contribution in [1.82, 2.24) is 0 Å². The average Bonchev–Trinajstić information content (AvgIpc) is 2.38. The van der Waals surface area contributed by atoms with E-state index >= 15 is 0 Å². The van der Waals surface area contributed by atoms with Crippen molar-refractivity contribution in [3.8, 4) is 11.5 Å². The molecular weight excluding hydrogens is 228 g/mol. The minimum Gasteiger partial charge on any atom is -0.497 e. The lowest BCUT2D eigenvalue weighted by molar-refractivity contribution is 0.393. The van der Waals surface area contributed by atoms with E-state index in [0.717, 1.165) is 30.0 Å². The maximum absolute atomic E-state index is 6.00. The summed E-state index contributed by atoms with van der Waals surface area (Å²) in [6.07, 6.45) is 4.53. The second kappa shape index (κ2) is 5.96. The maximum atomic E-state index is 6.00. The Kier molecular flexibility index (Phi) is 4.31. The zero-order chi connectivity index (χ0) is 13.0. The van der Waals surface area contributed by atoms with Crippen molar-refractivity contribution in [2.24, 2.45) is 5.73 Å². The van der Waals surface area contributed by atoms with Crippen molar-refractivity contribution in [1.29, 1.82) is 0 Å². The molecule has 1 fully saturated rings. The highest BCUT2D eigenvalue weighted by Crippen LogP contribution is 2.28. The van der Waals surface area contributed by atoms with Gasteiger partial charge in [0, 0.05) is 36.0 Å². The third-order valence-electron chi connectivity index (χ3n) is 3.44. The van der Waals surface area contributed by atoms with Crippen LogP contribution >= 0.6 is 0 Å². The molecule has 0 amide bonds. The minimum atomic E-state index is 0.323. The van der Waals surface area contributed by atoms with Gasteiger partial charge in [-0.15, -0.1) is 0 Å². The molecule has 1 aliphatic rings. The van der Waals surface area contributed by atoms with Crippen LogP contribution < -0.4 is 20.5 Å². The number of nitrogens with one attached hydrogen (secondary N) is 1. The number of rotatable bonds is 4. The van der Waals surface area contributed by atoms with Crippen molar-refractivity contribution in [3.05, 3.63) is 18.2 Å². The van der Waals surface area contributed by atoms with Gasteiger partial charge in [0.05, 0.1) is 14.2 Å². The van der Waals surface area contributed by atoms with Gasteiger partial charge in [-0.3, -0.25) is 0 Å². The maximum Gasteiger partial charge on any atom is 0.124 e. The van der Waals surface area contributed by atoms with Crippen molar-refractivity contribution in [2.45, 2.75) is 37.8 Å². The van der Waals surface area contributed by atoms with Crippen LogP contribution in [0.1, 0.15) is 25.7 Å². The van der Waals surface area contributed by atoms with Crippen LogP contribution in [0.5, 0.6) is 11.5 Å². The van der Waals surface area contributed by atoms with Crippen LogP contribution in [0.25, 0.3) is 0 Å². The van der Waals surface area contributed by atoms with Crippen LogP contribution in [-0.4, -0.2) is 26.3 Å². The lowest BCUT2D eigenvalue weighted by Gasteiger charge is -2.28. The molecule has 3 N–H and O–H groups in total. The van der Waals surface area contributed by atoms with Gasteiger partial charge in [0.25, 0.3) is 0 Å². The summed E-state index contributed by atoms with van der Waals surface area (Å²) >= 11 is 0. The van der Waals surface area contributed by atoms with Gasteiger partial charge in [-0.1, -0.05) is 0 Å². The van der Waals surface area contributed by atoms with E-state index in [-0.39, 0.29) is 0 Å². The van der Waals surface area contributed by atoms with E-state index in [2.05, 4.69) is 5.32 Å². The SMILES string of the molecule is COc1cc(NC2CCCC(N)C2)cc(OC)c1. The molecule has 2 atom stereocenters. The minimum absolute atomic E-state index is 0.323. The van der Waals surface area contributed by atoms with Crippen molar-refractivity contribution in [3.63, 3.8) is 0 Å². The summed E-state index contributed by atoms with van der Waals surface area (Å²) in [6.45, 7) is 0. The Labute approximate surface area is 108 Å². The summed E-state index contributed by atoms with van der Waals surface area (Å²) in [5.41, 5.74) is 7.03. The van der Waals surface area contributed by atoms with Gasteiger partial charge in [-0.05, 0) is 25.7 Å². The Hall–Kier alpha value is -1.42. The molecule has 2 unspecified atom stereocenters. The van der Waals surface area contributed by atoms with E-state index in [1.165, 1.54) is 12.8 Å². The topological polar surface area (TPSA) is 56.5 Å². The monoisotopic (exact) mass is 250 g/mol. The summed E-state index contributed by atoms with van der Waals surface area (Å²) in [6, 6.07) is 6.62. The van der Waals surface area contributed by atoms with E-state index in [1.54, 1.807) is 14.2 Å². The molecule has 0 spiro atoms. The van der Waals surface area contributed by atoms with Gasteiger partial charge in [0.2, 0.25) is 0 Å². The molecule has 0 saturated heterocycles. The van der Waals surface area contributed by atoms with E-state index in [9.17, 15) is 0 Å². The Morgan fingerprint density at radius 2 is 1.78 bits per heavy atom. The number of ether oxygens (including phenoxy) is 2. The number of nitrogens with two attached hydrogens (primary N) is 1. The largest absolute Gasteiger partial charge is 0.497 e. The zero-order valence-electron chi connectivity index (χ0n) is 11.1. The molecule has 0 bridgehead atoms. The predicted octanol–water partition coefficient (Wildman–Crippen LogP) is 2.39.